The van der Waals surface area contributed by atoms with Gasteiger partial charge in [0.25, 0.3) is 0 Å². The molecule has 15 heavy (non-hydrogen) atoms. The fraction of sp³-hybridized carbons (Fsp3) is 0.750. The number of hydrogen-bond acceptors (Lipinski definition) is 6. The van der Waals surface area contributed by atoms with Crippen molar-refractivity contribution in [3.05, 3.63) is 11.8 Å². The molecule has 1 aliphatic rings. The molecule has 0 aliphatic carbocycles. The summed E-state index contributed by atoms with van der Waals surface area (Å²) in [7, 11) is -2.97. The monoisotopic (exact) mass is 231 g/mol. The predicted molar refractivity (Wildman–Crippen MR) is 53.1 cm³/mol. The van der Waals surface area contributed by atoms with Crippen LogP contribution < -0.4 is 5.32 Å². The molecule has 1 atom stereocenters. The SMILES string of the molecule is CCc1nnc(C2CS(=O)(=O)CCN2)o1. The number of nitrogens with zero attached hydrogens (tertiary/aromatic N) is 2. The van der Waals surface area contributed by atoms with Gasteiger partial charge < -0.3 is 9.73 Å². The third-order valence-electron chi connectivity index (χ3n) is 2.31. The highest BCUT2D eigenvalue weighted by atomic mass is 32.2. The topological polar surface area (TPSA) is 85.1 Å². The smallest absolute Gasteiger partial charge is 0.234 e. The number of sulfone groups is 1. The first-order valence-electron chi connectivity index (χ1n) is 4.87. The second-order valence-corrected chi connectivity index (χ2v) is 5.74. The average Bonchev–Trinajstić information content (AvgIpc) is 2.64. The fourth-order valence-corrected chi connectivity index (χ4v) is 2.86. The van der Waals surface area contributed by atoms with Crippen LogP contribution in [0.25, 0.3) is 0 Å². The summed E-state index contributed by atoms with van der Waals surface area (Å²) in [4.78, 5) is 0. The lowest BCUT2D eigenvalue weighted by atomic mass is 10.3. The van der Waals surface area contributed by atoms with Crippen molar-refractivity contribution in [1.29, 1.82) is 0 Å². The van der Waals surface area contributed by atoms with E-state index in [1.54, 1.807) is 0 Å². The third-order valence-corrected chi connectivity index (χ3v) is 3.97. The van der Waals surface area contributed by atoms with Crippen molar-refractivity contribution in [1.82, 2.24) is 15.5 Å². The summed E-state index contributed by atoms with van der Waals surface area (Å²) in [6.07, 6.45) is 0.659. The van der Waals surface area contributed by atoms with Crippen molar-refractivity contribution in [2.24, 2.45) is 0 Å². The van der Waals surface area contributed by atoms with Crippen LogP contribution >= 0.6 is 0 Å². The molecule has 84 valence electrons. The summed E-state index contributed by atoms with van der Waals surface area (Å²) < 4.78 is 28.1. The van der Waals surface area contributed by atoms with Gasteiger partial charge in [0.1, 0.15) is 6.04 Å². The van der Waals surface area contributed by atoms with Gasteiger partial charge in [-0.25, -0.2) is 8.42 Å². The van der Waals surface area contributed by atoms with E-state index < -0.39 is 9.84 Å². The van der Waals surface area contributed by atoms with Crippen molar-refractivity contribution < 1.29 is 12.8 Å². The lowest BCUT2D eigenvalue weighted by Gasteiger charge is -2.20. The van der Waals surface area contributed by atoms with Crippen LogP contribution in [0.1, 0.15) is 24.7 Å². The molecule has 7 heteroatoms. The average molecular weight is 231 g/mol. The van der Waals surface area contributed by atoms with Gasteiger partial charge in [-0.15, -0.1) is 10.2 Å². The molecule has 0 amide bonds. The van der Waals surface area contributed by atoms with Crippen LogP contribution in [-0.2, 0) is 16.3 Å². The highest BCUT2D eigenvalue weighted by Gasteiger charge is 2.29. The molecule has 6 nitrogen and oxygen atoms in total. The Balaban J connectivity index is 2.17. The maximum absolute atomic E-state index is 11.4. The minimum Gasteiger partial charge on any atom is -0.424 e. The van der Waals surface area contributed by atoms with Gasteiger partial charge in [0.15, 0.2) is 9.84 Å². The van der Waals surface area contributed by atoms with Crippen molar-refractivity contribution in [3.63, 3.8) is 0 Å². The normalized spacial score (nSPS) is 25.3. The summed E-state index contributed by atoms with van der Waals surface area (Å²) in [5.74, 6) is 1.13. The first kappa shape index (κ1) is 10.6. The van der Waals surface area contributed by atoms with Crippen molar-refractivity contribution in [2.45, 2.75) is 19.4 Å². The van der Waals surface area contributed by atoms with Crippen LogP contribution in [-0.4, -0.2) is 36.7 Å². The van der Waals surface area contributed by atoms with E-state index in [1.807, 2.05) is 6.92 Å². The van der Waals surface area contributed by atoms with Crippen molar-refractivity contribution in [3.8, 4) is 0 Å². The Morgan fingerprint density at radius 1 is 1.53 bits per heavy atom. The zero-order chi connectivity index (χ0) is 10.9. The first-order valence-corrected chi connectivity index (χ1v) is 6.69. The number of rotatable bonds is 2. The molecule has 1 N–H and O–H groups in total. The standard InChI is InChI=1S/C8H13N3O3S/c1-2-7-10-11-8(14-7)6-5-15(12,13)4-3-9-6/h6,9H,2-5H2,1H3. The van der Waals surface area contributed by atoms with E-state index in [1.165, 1.54) is 0 Å². The lowest BCUT2D eigenvalue weighted by molar-refractivity contribution is 0.392. The molecule has 2 rings (SSSR count). The molecule has 2 heterocycles. The van der Waals surface area contributed by atoms with Crippen LogP contribution in [0, 0.1) is 0 Å². The Morgan fingerprint density at radius 3 is 2.93 bits per heavy atom. The quantitative estimate of drug-likeness (QED) is 0.751. The minimum absolute atomic E-state index is 0.0400. The van der Waals surface area contributed by atoms with Crippen LogP contribution in [0.4, 0.5) is 0 Å². The van der Waals surface area contributed by atoms with Gasteiger partial charge in [0.05, 0.1) is 11.5 Å². The Hall–Kier alpha value is -0.950. The minimum atomic E-state index is -2.97. The lowest BCUT2D eigenvalue weighted by Crippen LogP contribution is -2.39. The molecule has 1 saturated heterocycles. The van der Waals surface area contributed by atoms with Gasteiger partial charge in [-0.3, -0.25) is 0 Å². The molecule has 1 unspecified atom stereocenters. The second-order valence-electron chi connectivity index (χ2n) is 3.51. The first-order chi connectivity index (χ1) is 7.11. The number of aryl methyl sites for hydroxylation is 1. The Labute approximate surface area is 88.0 Å². The van der Waals surface area contributed by atoms with Crippen LogP contribution in [0.5, 0.6) is 0 Å². The molecule has 1 aromatic heterocycles. The Kier molecular flexibility index (Phi) is 2.74. The van der Waals surface area contributed by atoms with E-state index in [0.29, 0.717) is 24.7 Å². The van der Waals surface area contributed by atoms with Crippen LogP contribution in [0.3, 0.4) is 0 Å². The van der Waals surface area contributed by atoms with E-state index in [4.69, 9.17) is 4.42 Å². The molecular weight excluding hydrogens is 218 g/mol. The van der Waals surface area contributed by atoms with E-state index in [9.17, 15) is 8.42 Å². The van der Waals surface area contributed by atoms with E-state index >= 15 is 0 Å². The molecule has 0 saturated carbocycles. The van der Waals surface area contributed by atoms with Crippen LogP contribution in [0.2, 0.25) is 0 Å². The van der Waals surface area contributed by atoms with Gasteiger partial charge in [-0.2, -0.15) is 0 Å². The number of nitrogens with one attached hydrogen (secondary N) is 1. The molecule has 0 radical (unpaired) electrons. The van der Waals surface area contributed by atoms with Gasteiger partial charge in [0, 0.05) is 13.0 Å². The predicted octanol–water partition coefficient (Wildman–Crippen LogP) is -0.309. The fourth-order valence-electron chi connectivity index (χ4n) is 1.49. The molecule has 1 fully saturated rings. The summed E-state index contributed by atoms with van der Waals surface area (Å²) in [6, 6.07) is -0.350. The van der Waals surface area contributed by atoms with E-state index in [2.05, 4.69) is 15.5 Å². The van der Waals surface area contributed by atoms with Crippen molar-refractivity contribution in [2.75, 3.05) is 18.1 Å². The summed E-state index contributed by atoms with van der Waals surface area (Å²) in [6.45, 7) is 2.35. The third kappa shape index (κ3) is 2.35. The largest absolute Gasteiger partial charge is 0.424 e. The van der Waals surface area contributed by atoms with Gasteiger partial charge >= 0.3 is 0 Å². The Bertz CT molecular complexity index is 440. The molecule has 1 aromatic rings. The summed E-state index contributed by atoms with van der Waals surface area (Å²) in [5.41, 5.74) is 0. The molecule has 0 aromatic carbocycles. The molecule has 0 bridgehead atoms. The Morgan fingerprint density at radius 2 is 2.33 bits per heavy atom. The number of aromatic nitrogens is 2. The van der Waals surface area contributed by atoms with Crippen molar-refractivity contribution >= 4 is 9.84 Å². The highest BCUT2D eigenvalue weighted by Crippen LogP contribution is 2.17. The van der Waals surface area contributed by atoms with E-state index in [0.717, 1.165) is 0 Å². The summed E-state index contributed by atoms with van der Waals surface area (Å²) in [5, 5.41) is 10.7. The zero-order valence-electron chi connectivity index (χ0n) is 8.43. The molecule has 0 spiro atoms. The zero-order valence-corrected chi connectivity index (χ0v) is 9.25. The van der Waals surface area contributed by atoms with E-state index in [-0.39, 0.29) is 17.5 Å². The maximum atomic E-state index is 11.4. The van der Waals surface area contributed by atoms with Gasteiger partial charge in [0.2, 0.25) is 11.8 Å². The maximum Gasteiger partial charge on any atom is 0.234 e. The summed E-state index contributed by atoms with van der Waals surface area (Å²) >= 11 is 0. The van der Waals surface area contributed by atoms with Gasteiger partial charge in [-0.1, -0.05) is 6.92 Å². The molecule has 1 aliphatic heterocycles. The highest BCUT2D eigenvalue weighted by molar-refractivity contribution is 7.91. The molecular formula is C8H13N3O3S. The van der Waals surface area contributed by atoms with Gasteiger partial charge in [-0.05, 0) is 0 Å². The second kappa shape index (κ2) is 3.90. The number of hydrogen-bond donors (Lipinski definition) is 1. The van der Waals surface area contributed by atoms with Crippen LogP contribution in [0.15, 0.2) is 4.42 Å².